The number of thiol groups is 1. The smallest absolute Gasteiger partial charge is 0.335 e. The van der Waals surface area contributed by atoms with E-state index in [0.717, 1.165) is 10.8 Å². The van der Waals surface area contributed by atoms with Gasteiger partial charge in [-0.3, -0.25) is 0 Å². The Hall–Kier alpha value is -0.960. The molecule has 3 heteroatoms. The summed E-state index contributed by atoms with van der Waals surface area (Å²) in [6.45, 7) is 6.50. The van der Waals surface area contributed by atoms with E-state index in [9.17, 15) is 4.79 Å². The zero-order chi connectivity index (χ0) is 11.1. The van der Waals surface area contributed by atoms with Crippen molar-refractivity contribution in [2.75, 3.05) is 0 Å². The van der Waals surface area contributed by atoms with E-state index in [0.29, 0.717) is 0 Å². The van der Waals surface area contributed by atoms with Crippen LogP contribution in [0.2, 0.25) is 0 Å². The van der Waals surface area contributed by atoms with Gasteiger partial charge in [0.25, 0.3) is 0 Å². The van der Waals surface area contributed by atoms with Gasteiger partial charge >= 0.3 is 5.97 Å². The first-order valence-corrected chi connectivity index (χ1v) is 4.90. The number of carboxylic acid groups (broad SMARTS) is 1. The second-order valence-electron chi connectivity index (χ2n) is 3.58. The second kappa shape index (κ2) is 6.49. The highest BCUT2D eigenvalue weighted by atomic mass is 32.1. The number of hydrogen-bond donors (Lipinski definition) is 2. The minimum absolute atomic E-state index is 0.290. The van der Waals surface area contributed by atoms with Crippen LogP contribution in [0.1, 0.15) is 31.1 Å². The van der Waals surface area contributed by atoms with Gasteiger partial charge in [0.2, 0.25) is 0 Å². The van der Waals surface area contributed by atoms with E-state index < -0.39 is 5.97 Å². The van der Waals surface area contributed by atoms with E-state index in [-0.39, 0.29) is 5.56 Å². The van der Waals surface area contributed by atoms with Gasteiger partial charge in [-0.25, -0.2) is 4.79 Å². The fraction of sp³-hybridized carbons (Fsp3) is 0.364. The maximum absolute atomic E-state index is 10.3. The number of rotatable bonds is 1. The van der Waals surface area contributed by atoms with Crippen molar-refractivity contribution in [3.63, 3.8) is 0 Å². The summed E-state index contributed by atoms with van der Waals surface area (Å²) in [6, 6.07) is 6.33. The summed E-state index contributed by atoms with van der Waals surface area (Å²) in [5.74, 6) is -0.0756. The summed E-state index contributed by atoms with van der Waals surface area (Å²) in [5.41, 5.74) is 0.290. The van der Waals surface area contributed by atoms with Crippen molar-refractivity contribution in [1.82, 2.24) is 0 Å². The summed E-state index contributed by atoms with van der Waals surface area (Å²) in [4.78, 5) is 11.1. The Morgan fingerprint density at radius 3 is 1.86 bits per heavy atom. The first-order chi connectivity index (χ1) is 6.43. The quantitative estimate of drug-likeness (QED) is 0.701. The fourth-order valence-corrected chi connectivity index (χ4v) is 0.753. The minimum Gasteiger partial charge on any atom is -0.478 e. The predicted molar refractivity (Wildman–Crippen MR) is 61.2 cm³/mol. The zero-order valence-corrected chi connectivity index (χ0v) is 9.58. The first-order valence-electron chi connectivity index (χ1n) is 4.45. The lowest BCUT2D eigenvalue weighted by molar-refractivity contribution is 0.0697. The molecule has 0 saturated carbocycles. The van der Waals surface area contributed by atoms with Crippen LogP contribution >= 0.6 is 12.6 Å². The zero-order valence-electron chi connectivity index (χ0n) is 8.69. The van der Waals surface area contributed by atoms with Crippen LogP contribution < -0.4 is 0 Å². The van der Waals surface area contributed by atoms with E-state index in [4.69, 9.17) is 5.11 Å². The third kappa shape index (κ3) is 6.54. The highest BCUT2D eigenvalue weighted by Crippen LogP contribution is 2.06. The monoisotopic (exact) mass is 212 g/mol. The molecule has 0 atom stereocenters. The summed E-state index contributed by atoms with van der Waals surface area (Å²) >= 11 is 4.01. The molecule has 2 nitrogen and oxygen atoms in total. The van der Waals surface area contributed by atoms with Crippen molar-refractivity contribution >= 4 is 18.6 Å². The van der Waals surface area contributed by atoms with Crippen LogP contribution in [0.15, 0.2) is 29.2 Å². The largest absolute Gasteiger partial charge is 0.478 e. The topological polar surface area (TPSA) is 37.3 Å². The number of aromatic carboxylic acids is 1. The molecule has 1 aromatic rings. The molecule has 1 rings (SSSR count). The lowest BCUT2D eigenvalue weighted by Gasteiger charge is -1.92. The average molecular weight is 212 g/mol. The molecule has 1 N–H and O–H groups in total. The summed E-state index contributed by atoms with van der Waals surface area (Å²) in [7, 11) is 0. The van der Waals surface area contributed by atoms with Crippen LogP contribution in [0.5, 0.6) is 0 Å². The second-order valence-corrected chi connectivity index (χ2v) is 4.10. The van der Waals surface area contributed by atoms with Crippen LogP contribution in [0.25, 0.3) is 0 Å². The molecular weight excluding hydrogens is 196 g/mol. The van der Waals surface area contributed by atoms with E-state index >= 15 is 0 Å². The molecule has 0 unspecified atom stereocenters. The maximum atomic E-state index is 10.3. The Morgan fingerprint density at radius 1 is 1.21 bits per heavy atom. The van der Waals surface area contributed by atoms with Gasteiger partial charge in [-0.2, -0.15) is 0 Å². The third-order valence-corrected chi connectivity index (χ3v) is 1.41. The molecule has 78 valence electrons. The lowest BCUT2D eigenvalue weighted by atomic mass is 10.2. The number of carboxylic acids is 1. The van der Waals surface area contributed by atoms with Crippen molar-refractivity contribution in [2.45, 2.75) is 25.7 Å². The number of hydrogen-bond acceptors (Lipinski definition) is 2. The molecule has 0 radical (unpaired) electrons. The molecule has 1 aromatic carbocycles. The molecule has 0 aromatic heterocycles. The van der Waals surface area contributed by atoms with Gasteiger partial charge in [-0.1, -0.05) is 20.8 Å². The number of benzene rings is 1. The Bertz CT molecular complexity index is 275. The van der Waals surface area contributed by atoms with Crippen LogP contribution in [0, 0.1) is 5.92 Å². The van der Waals surface area contributed by atoms with Gasteiger partial charge in [-0.05, 0) is 30.2 Å². The van der Waals surface area contributed by atoms with Crippen molar-refractivity contribution in [2.24, 2.45) is 5.92 Å². The van der Waals surface area contributed by atoms with Crippen molar-refractivity contribution in [1.29, 1.82) is 0 Å². The van der Waals surface area contributed by atoms with Crippen LogP contribution in [-0.2, 0) is 0 Å². The van der Waals surface area contributed by atoms with Crippen molar-refractivity contribution in [3.8, 4) is 0 Å². The van der Waals surface area contributed by atoms with Gasteiger partial charge < -0.3 is 5.11 Å². The fourth-order valence-electron chi connectivity index (χ4n) is 0.604. The SMILES string of the molecule is CC(C)C.O=C(O)c1ccc(S)cc1. The third-order valence-electron chi connectivity index (χ3n) is 1.11. The Kier molecular flexibility index (Phi) is 6.04. The molecule has 0 saturated heterocycles. The van der Waals surface area contributed by atoms with Gasteiger partial charge in [0, 0.05) is 4.90 Å². The average Bonchev–Trinajstić information content (AvgIpc) is 2.03. The summed E-state index contributed by atoms with van der Waals surface area (Å²) in [5, 5.41) is 8.45. The molecule has 0 bridgehead atoms. The first kappa shape index (κ1) is 13.0. The van der Waals surface area contributed by atoms with E-state index in [1.807, 2.05) is 0 Å². The van der Waals surface area contributed by atoms with Crippen LogP contribution in [-0.4, -0.2) is 11.1 Å². The molecule has 0 amide bonds. The molecular formula is C11H16O2S. The molecule has 0 aliphatic heterocycles. The molecule has 0 aliphatic rings. The summed E-state index contributed by atoms with van der Waals surface area (Å²) < 4.78 is 0. The highest BCUT2D eigenvalue weighted by molar-refractivity contribution is 7.80. The van der Waals surface area contributed by atoms with E-state index in [1.54, 1.807) is 12.1 Å². The Balaban J connectivity index is 0.000000364. The Morgan fingerprint density at radius 2 is 1.57 bits per heavy atom. The standard InChI is InChI=1S/C7H6O2S.C4H10/c8-7(9)5-1-3-6(10)4-2-5;1-4(2)3/h1-4,10H,(H,8,9);4H,1-3H3. The van der Waals surface area contributed by atoms with Crippen LogP contribution in [0.3, 0.4) is 0 Å². The lowest BCUT2D eigenvalue weighted by Crippen LogP contribution is -1.94. The minimum atomic E-state index is -0.909. The summed E-state index contributed by atoms with van der Waals surface area (Å²) in [6.07, 6.45) is 0. The molecule has 0 heterocycles. The molecule has 0 aliphatic carbocycles. The van der Waals surface area contributed by atoms with Crippen molar-refractivity contribution < 1.29 is 9.90 Å². The number of carbonyl (C=O) groups is 1. The molecule has 14 heavy (non-hydrogen) atoms. The van der Waals surface area contributed by atoms with Gasteiger partial charge in [0.15, 0.2) is 0 Å². The molecule has 0 fully saturated rings. The van der Waals surface area contributed by atoms with Gasteiger partial charge in [-0.15, -0.1) is 12.6 Å². The van der Waals surface area contributed by atoms with Crippen molar-refractivity contribution in [3.05, 3.63) is 29.8 Å². The van der Waals surface area contributed by atoms with E-state index in [2.05, 4.69) is 33.4 Å². The van der Waals surface area contributed by atoms with Crippen LogP contribution in [0.4, 0.5) is 0 Å². The normalized spacial score (nSPS) is 9.21. The molecule has 0 spiro atoms. The predicted octanol–water partition coefficient (Wildman–Crippen LogP) is 3.34. The maximum Gasteiger partial charge on any atom is 0.335 e. The Labute approximate surface area is 90.4 Å². The highest BCUT2D eigenvalue weighted by Gasteiger charge is 1.98. The van der Waals surface area contributed by atoms with Gasteiger partial charge in [0.05, 0.1) is 5.56 Å². The van der Waals surface area contributed by atoms with Gasteiger partial charge in [0.1, 0.15) is 0 Å². The van der Waals surface area contributed by atoms with E-state index in [1.165, 1.54) is 12.1 Å².